The van der Waals surface area contributed by atoms with E-state index in [9.17, 15) is 4.79 Å². The molecule has 0 unspecified atom stereocenters. The van der Waals surface area contributed by atoms with E-state index in [1.54, 1.807) is 25.0 Å². The van der Waals surface area contributed by atoms with Gasteiger partial charge in [0.2, 0.25) is 5.95 Å². The summed E-state index contributed by atoms with van der Waals surface area (Å²) < 4.78 is 12.4. The maximum Gasteiger partial charge on any atom is 0.250 e. The zero-order chi connectivity index (χ0) is 25.8. The van der Waals surface area contributed by atoms with Crippen LogP contribution in [0.3, 0.4) is 0 Å². The molecule has 1 atom stereocenters. The van der Waals surface area contributed by atoms with Gasteiger partial charge in [-0.05, 0) is 53.6 Å². The predicted molar refractivity (Wildman–Crippen MR) is 145 cm³/mol. The Hall–Kier alpha value is -4.56. The summed E-state index contributed by atoms with van der Waals surface area (Å²) in [5.41, 5.74) is 3.57. The second-order valence-electron chi connectivity index (χ2n) is 8.20. The summed E-state index contributed by atoms with van der Waals surface area (Å²) in [7, 11) is 3.22. The minimum Gasteiger partial charge on any atom is -0.497 e. The summed E-state index contributed by atoms with van der Waals surface area (Å²) in [6.07, 6.45) is 5.16. The highest BCUT2D eigenvalue weighted by Crippen LogP contribution is 2.34. The van der Waals surface area contributed by atoms with Crippen molar-refractivity contribution in [2.75, 3.05) is 24.9 Å². The number of allylic oxidation sites excluding steroid dienone is 1. The Labute approximate surface area is 219 Å². The zero-order valence-electron chi connectivity index (χ0n) is 20.2. The predicted octanol–water partition coefficient (Wildman–Crippen LogP) is 5.66. The van der Waals surface area contributed by atoms with Gasteiger partial charge in [0.25, 0.3) is 11.9 Å². The summed E-state index contributed by atoms with van der Waals surface area (Å²) >= 11 is 6.09. The molecule has 1 aliphatic heterocycles. The van der Waals surface area contributed by atoms with Crippen molar-refractivity contribution in [2.45, 2.75) is 6.04 Å². The molecule has 0 spiro atoms. The fraction of sp³-hybridized carbons (Fsp3) is 0.107. The fourth-order valence-electron chi connectivity index (χ4n) is 4.00. The van der Waals surface area contributed by atoms with E-state index in [1.807, 2.05) is 72.8 Å². The SMILES string of the molecule is COc1ccc([C@H]2C=C(c3ccc(Cl)cc3)Nc3nc(NC(=O)/C=C/c4ccccc4OC)nn32)cc1. The van der Waals surface area contributed by atoms with Crippen LogP contribution in [-0.2, 0) is 4.79 Å². The molecule has 0 radical (unpaired) electrons. The number of methoxy groups -OCH3 is 2. The molecule has 4 aromatic rings. The van der Waals surface area contributed by atoms with Gasteiger partial charge < -0.3 is 14.8 Å². The van der Waals surface area contributed by atoms with Crippen molar-refractivity contribution in [1.29, 1.82) is 0 Å². The minimum atomic E-state index is -0.360. The smallest absolute Gasteiger partial charge is 0.250 e. The molecule has 0 aliphatic carbocycles. The summed E-state index contributed by atoms with van der Waals surface area (Å²) in [6, 6.07) is 22.5. The van der Waals surface area contributed by atoms with Crippen molar-refractivity contribution in [1.82, 2.24) is 14.8 Å². The third-order valence-corrected chi connectivity index (χ3v) is 6.12. The van der Waals surface area contributed by atoms with Gasteiger partial charge in [0.05, 0.1) is 14.2 Å². The molecule has 1 aliphatic rings. The average Bonchev–Trinajstić information content (AvgIpc) is 3.34. The number of carbonyl (C=O) groups excluding carboxylic acids is 1. The number of ether oxygens (including phenoxy) is 2. The van der Waals surface area contributed by atoms with Crippen LogP contribution in [0.5, 0.6) is 11.5 Å². The molecular weight excluding hydrogens is 490 g/mol. The first kappa shape index (κ1) is 24.1. The standard InChI is InChI=1S/C28H24ClN5O3/c1-36-22-14-9-19(10-15-22)24-17-23(18-7-12-21(29)13-8-18)30-28-32-27(33-34(24)28)31-26(35)16-11-20-5-3-4-6-25(20)37-2/h3-17,24H,1-2H3,(H2,30,31,32,33,35)/b16-11+/t24-/m1/s1. The van der Waals surface area contributed by atoms with E-state index in [1.165, 1.54) is 6.08 Å². The maximum atomic E-state index is 12.7. The molecule has 0 fully saturated rings. The van der Waals surface area contributed by atoms with Gasteiger partial charge in [-0.3, -0.25) is 10.1 Å². The van der Waals surface area contributed by atoms with Crippen molar-refractivity contribution in [3.63, 3.8) is 0 Å². The normalized spacial score (nSPS) is 14.5. The number of anilines is 2. The summed E-state index contributed by atoms with van der Waals surface area (Å²) in [5.74, 6) is 1.75. The van der Waals surface area contributed by atoms with Gasteiger partial charge in [0, 0.05) is 22.4 Å². The number of fused-ring (bicyclic) bond motifs is 1. The van der Waals surface area contributed by atoms with Crippen LogP contribution >= 0.6 is 11.6 Å². The molecule has 9 heteroatoms. The topological polar surface area (TPSA) is 90.3 Å². The molecule has 0 bridgehead atoms. The number of carbonyl (C=O) groups is 1. The highest BCUT2D eigenvalue weighted by Gasteiger charge is 2.25. The number of nitrogens with one attached hydrogen (secondary N) is 2. The van der Waals surface area contributed by atoms with Crippen LogP contribution in [0.25, 0.3) is 11.8 Å². The van der Waals surface area contributed by atoms with Crippen LogP contribution in [0.2, 0.25) is 5.02 Å². The van der Waals surface area contributed by atoms with E-state index in [4.69, 9.17) is 21.1 Å². The van der Waals surface area contributed by atoms with Crippen LogP contribution in [0.15, 0.2) is 84.9 Å². The van der Waals surface area contributed by atoms with Gasteiger partial charge in [-0.15, -0.1) is 5.10 Å². The van der Waals surface area contributed by atoms with E-state index in [2.05, 4.69) is 26.8 Å². The van der Waals surface area contributed by atoms with Gasteiger partial charge in [-0.25, -0.2) is 4.68 Å². The maximum absolute atomic E-state index is 12.7. The quantitative estimate of drug-likeness (QED) is 0.310. The molecule has 8 nitrogen and oxygen atoms in total. The molecule has 3 aromatic carbocycles. The van der Waals surface area contributed by atoms with Gasteiger partial charge in [0.1, 0.15) is 17.5 Å². The lowest BCUT2D eigenvalue weighted by Gasteiger charge is -2.24. The Bertz CT molecular complexity index is 1480. The number of rotatable bonds is 7. The molecule has 2 N–H and O–H groups in total. The Morgan fingerprint density at radius 2 is 1.78 bits per heavy atom. The molecular formula is C28H24ClN5O3. The Morgan fingerprint density at radius 1 is 1.03 bits per heavy atom. The molecule has 186 valence electrons. The number of para-hydroxylation sites is 1. The number of hydrogen-bond acceptors (Lipinski definition) is 6. The molecule has 37 heavy (non-hydrogen) atoms. The Morgan fingerprint density at radius 3 is 2.51 bits per heavy atom. The zero-order valence-corrected chi connectivity index (χ0v) is 20.9. The third kappa shape index (κ3) is 5.34. The second-order valence-corrected chi connectivity index (χ2v) is 8.63. The van der Waals surface area contributed by atoms with Crippen molar-refractivity contribution in [3.05, 3.63) is 107 Å². The second kappa shape index (κ2) is 10.6. The lowest BCUT2D eigenvalue weighted by Crippen LogP contribution is -2.20. The number of hydrogen-bond donors (Lipinski definition) is 2. The molecule has 1 aromatic heterocycles. The monoisotopic (exact) mass is 513 g/mol. The van der Waals surface area contributed by atoms with Gasteiger partial charge in [-0.2, -0.15) is 4.98 Å². The van der Waals surface area contributed by atoms with E-state index >= 15 is 0 Å². The highest BCUT2D eigenvalue weighted by atomic mass is 35.5. The molecule has 1 amide bonds. The van der Waals surface area contributed by atoms with E-state index in [0.717, 1.165) is 28.1 Å². The lowest BCUT2D eigenvalue weighted by atomic mass is 10.0. The summed E-state index contributed by atoms with van der Waals surface area (Å²) in [4.78, 5) is 17.2. The van der Waals surface area contributed by atoms with Crippen molar-refractivity contribution in [3.8, 4) is 11.5 Å². The largest absolute Gasteiger partial charge is 0.497 e. The van der Waals surface area contributed by atoms with Crippen molar-refractivity contribution < 1.29 is 14.3 Å². The first-order valence-electron chi connectivity index (χ1n) is 11.5. The fourth-order valence-corrected chi connectivity index (χ4v) is 4.13. The van der Waals surface area contributed by atoms with Gasteiger partial charge >= 0.3 is 0 Å². The number of amides is 1. The van der Waals surface area contributed by atoms with E-state index in [0.29, 0.717) is 16.7 Å². The van der Waals surface area contributed by atoms with E-state index in [-0.39, 0.29) is 17.9 Å². The Kier molecular flexibility index (Phi) is 6.91. The molecule has 2 heterocycles. The van der Waals surface area contributed by atoms with E-state index < -0.39 is 0 Å². The number of nitrogens with zero attached hydrogens (tertiary/aromatic N) is 3. The minimum absolute atomic E-state index is 0.182. The number of benzene rings is 3. The van der Waals surface area contributed by atoms with Gasteiger partial charge in [-0.1, -0.05) is 54.1 Å². The van der Waals surface area contributed by atoms with Crippen molar-refractivity contribution >= 4 is 41.2 Å². The first-order chi connectivity index (χ1) is 18.0. The van der Waals surface area contributed by atoms with Gasteiger partial charge in [0.15, 0.2) is 0 Å². The lowest BCUT2D eigenvalue weighted by molar-refractivity contribution is -0.111. The highest BCUT2D eigenvalue weighted by molar-refractivity contribution is 6.30. The first-order valence-corrected chi connectivity index (χ1v) is 11.9. The van der Waals surface area contributed by atoms with Crippen LogP contribution in [0, 0.1) is 0 Å². The van der Waals surface area contributed by atoms with Crippen LogP contribution < -0.4 is 20.1 Å². The third-order valence-electron chi connectivity index (χ3n) is 5.87. The molecule has 0 saturated carbocycles. The number of aromatic nitrogens is 3. The average molecular weight is 514 g/mol. The summed E-state index contributed by atoms with van der Waals surface area (Å²) in [6.45, 7) is 0. The van der Waals surface area contributed by atoms with Crippen molar-refractivity contribution in [2.24, 2.45) is 0 Å². The Balaban J connectivity index is 1.43. The number of halogens is 1. The molecule has 0 saturated heterocycles. The van der Waals surface area contributed by atoms with Crippen LogP contribution in [0.1, 0.15) is 22.7 Å². The summed E-state index contributed by atoms with van der Waals surface area (Å²) in [5, 5.41) is 11.3. The molecule has 5 rings (SSSR count). The van der Waals surface area contributed by atoms with Crippen LogP contribution in [0.4, 0.5) is 11.9 Å². The van der Waals surface area contributed by atoms with Crippen LogP contribution in [-0.4, -0.2) is 34.9 Å².